The summed E-state index contributed by atoms with van der Waals surface area (Å²) in [5.74, 6) is -0.124. The van der Waals surface area contributed by atoms with Crippen molar-refractivity contribution in [2.45, 2.75) is 11.3 Å². The minimum atomic E-state index is -0.743. The van der Waals surface area contributed by atoms with Crippen molar-refractivity contribution < 1.29 is 9.90 Å². The number of carboxylic acids is 1. The van der Waals surface area contributed by atoms with Crippen LogP contribution in [0.4, 0.5) is 0 Å². The molecule has 0 aliphatic heterocycles. The van der Waals surface area contributed by atoms with Crippen molar-refractivity contribution in [1.82, 2.24) is 0 Å². The Labute approximate surface area is 108 Å². The summed E-state index contributed by atoms with van der Waals surface area (Å²) >= 11 is 3.30. The van der Waals surface area contributed by atoms with E-state index in [1.807, 2.05) is 18.2 Å². The molecule has 2 nitrogen and oxygen atoms in total. The first-order chi connectivity index (χ1) is 8.25. The third-order valence-corrected chi connectivity index (χ3v) is 4.18. The first kappa shape index (κ1) is 12.2. The molecule has 0 spiro atoms. The van der Waals surface area contributed by atoms with Crippen LogP contribution in [-0.2, 0) is 4.79 Å². The van der Waals surface area contributed by atoms with Crippen LogP contribution in [-0.4, -0.2) is 16.8 Å². The van der Waals surface area contributed by atoms with Crippen LogP contribution >= 0.6 is 23.1 Å². The van der Waals surface area contributed by atoms with Crippen molar-refractivity contribution in [2.75, 3.05) is 5.75 Å². The van der Waals surface area contributed by atoms with Gasteiger partial charge in [0, 0.05) is 15.5 Å². The summed E-state index contributed by atoms with van der Waals surface area (Å²) in [6.07, 6.45) is 0.206. The summed E-state index contributed by atoms with van der Waals surface area (Å²) in [4.78, 5) is 12.8. The number of aliphatic carboxylic acids is 1. The van der Waals surface area contributed by atoms with Crippen molar-refractivity contribution in [3.8, 4) is 10.4 Å². The molecule has 0 aliphatic carbocycles. The van der Waals surface area contributed by atoms with E-state index in [9.17, 15) is 4.79 Å². The average molecular weight is 264 g/mol. The van der Waals surface area contributed by atoms with E-state index < -0.39 is 5.97 Å². The highest BCUT2D eigenvalue weighted by atomic mass is 32.2. The van der Waals surface area contributed by atoms with Crippen molar-refractivity contribution in [3.05, 3.63) is 41.8 Å². The maximum Gasteiger partial charge on any atom is 0.304 e. The Hall–Kier alpha value is -1.26. The van der Waals surface area contributed by atoms with Crippen LogP contribution < -0.4 is 0 Å². The lowest BCUT2D eigenvalue weighted by molar-refractivity contribution is -0.136. The lowest BCUT2D eigenvalue weighted by Gasteiger charge is -2.01. The van der Waals surface area contributed by atoms with Gasteiger partial charge < -0.3 is 5.11 Å². The van der Waals surface area contributed by atoms with E-state index in [2.05, 4.69) is 23.6 Å². The van der Waals surface area contributed by atoms with Gasteiger partial charge in [-0.2, -0.15) is 0 Å². The third kappa shape index (κ3) is 3.61. The van der Waals surface area contributed by atoms with Gasteiger partial charge in [0.15, 0.2) is 0 Å². The molecule has 0 radical (unpaired) electrons. The van der Waals surface area contributed by atoms with Crippen LogP contribution in [0.3, 0.4) is 0 Å². The topological polar surface area (TPSA) is 37.3 Å². The van der Waals surface area contributed by atoms with Gasteiger partial charge in [-0.05, 0) is 29.1 Å². The monoisotopic (exact) mass is 264 g/mol. The summed E-state index contributed by atoms with van der Waals surface area (Å²) in [6, 6.07) is 12.4. The molecule has 1 heterocycles. The molecule has 17 heavy (non-hydrogen) atoms. The number of hydrogen-bond acceptors (Lipinski definition) is 3. The van der Waals surface area contributed by atoms with Gasteiger partial charge in [0.1, 0.15) is 0 Å². The molecule has 2 rings (SSSR count). The number of benzene rings is 1. The number of thioether (sulfide) groups is 1. The molecule has 0 atom stereocenters. The van der Waals surface area contributed by atoms with Gasteiger partial charge in [0.2, 0.25) is 0 Å². The summed E-state index contributed by atoms with van der Waals surface area (Å²) in [5.41, 5.74) is 1.21. The molecule has 0 saturated carbocycles. The summed E-state index contributed by atoms with van der Waals surface area (Å²) in [6.45, 7) is 0. The summed E-state index contributed by atoms with van der Waals surface area (Å²) in [7, 11) is 0. The van der Waals surface area contributed by atoms with E-state index in [0.717, 1.165) is 4.90 Å². The molecule has 1 aromatic heterocycles. The third-order valence-electron chi connectivity index (χ3n) is 2.24. The van der Waals surface area contributed by atoms with E-state index in [4.69, 9.17) is 5.11 Å². The zero-order chi connectivity index (χ0) is 12.1. The Kier molecular flexibility index (Phi) is 4.23. The van der Waals surface area contributed by atoms with E-state index >= 15 is 0 Å². The Morgan fingerprint density at radius 3 is 2.59 bits per heavy atom. The normalized spacial score (nSPS) is 10.4. The van der Waals surface area contributed by atoms with Gasteiger partial charge in [-0.3, -0.25) is 4.79 Å². The van der Waals surface area contributed by atoms with Crippen molar-refractivity contribution in [1.29, 1.82) is 0 Å². The largest absolute Gasteiger partial charge is 0.481 e. The van der Waals surface area contributed by atoms with Gasteiger partial charge in [-0.1, -0.05) is 18.2 Å². The van der Waals surface area contributed by atoms with Crippen molar-refractivity contribution in [2.24, 2.45) is 0 Å². The standard InChI is InChI=1S/C13H12O2S2/c14-13(15)7-9-16-11-5-3-10(4-6-11)12-2-1-8-17-12/h1-6,8H,7,9H2,(H,14,15). The van der Waals surface area contributed by atoms with Crippen LogP contribution in [0.15, 0.2) is 46.7 Å². The van der Waals surface area contributed by atoms with Crippen molar-refractivity contribution >= 4 is 29.1 Å². The van der Waals surface area contributed by atoms with E-state index in [-0.39, 0.29) is 6.42 Å². The average Bonchev–Trinajstić information content (AvgIpc) is 2.83. The molecule has 1 aromatic carbocycles. The van der Waals surface area contributed by atoms with Crippen LogP contribution in [0.2, 0.25) is 0 Å². The number of carbonyl (C=O) groups is 1. The van der Waals surface area contributed by atoms with Gasteiger partial charge in [-0.25, -0.2) is 0 Å². The van der Waals surface area contributed by atoms with Crippen LogP contribution in [0.1, 0.15) is 6.42 Å². The van der Waals surface area contributed by atoms with Crippen LogP contribution in [0.5, 0.6) is 0 Å². The second kappa shape index (κ2) is 5.89. The Morgan fingerprint density at radius 2 is 2.00 bits per heavy atom. The van der Waals surface area contributed by atoms with Crippen molar-refractivity contribution in [3.63, 3.8) is 0 Å². The second-order valence-electron chi connectivity index (χ2n) is 3.49. The molecule has 2 aromatic rings. The molecule has 0 amide bonds. The first-order valence-electron chi connectivity index (χ1n) is 5.24. The Morgan fingerprint density at radius 1 is 1.24 bits per heavy atom. The highest BCUT2D eigenvalue weighted by molar-refractivity contribution is 7.99. The van der Waals surface area contributed by atoms with Gasteiger partial charge in [0.25, 0.3) is 0 Å². The minimum Gasteiger partial charge on any atom is -0.481 e. The second-order valence-corrected chi connectivity index (χ2v) is 5.61. The Balaban J connectivity index is 1.96. The van der Waals surface area contributed by atoms with Gasteiger partial charge >= 0.3 is 5.97 Å². The number of hydrogen-bond donors (Lipinski definition) is 1. The molecular formula is C13H12O2S2. The first-order valence-corrected chi connectivity index (χ1v) is 7.11. The van der Waals surface area contributed by atoms with E-state index in [1.54, 1.807) is 23.1 Å². The number of carboxylic acid groups (broad SMARTS) is 1. The maximum atomic E-state index is 10.4. The highest BCUT2D eigenvalue weighted by Crippen LogP contribution is 2.27. The SMILES string of the molecule is O=C(O)CCSc1ccc(-c2cccs2)cc1. The quantitative estimate of drug-likeness (QED) is 0.830. The maximum absolute atomic E-state index is 10.4. The zero-order valence-electron chi connectivity index (χ0n) is 9.13. The van der Waals surface area contributed by atoms with Crippen LogP contribution in [0.25, 0.3) is 10.4 Å². The predicted molar refractivity (Wildman–Crippen MR) is 72.7 cm³/mol. The highest BCUT2D eigenvalue weighted by Gasteiger charge is 2.01. The van der Waals surface area contributed by atoms with Gasteiger partial charge in [-0.15, -0.1) is 23.1 Å². The number of thiophene rings is 1. The fourth-order valence-corrected chi connectivity index (χ4v) is 2.99. The van der Waals surface area contributed by atoms with Gasteiger partial charge in [0.05, 0.1) is 6.42 Å². The molecule has 0 unspecified atom stereocenters. The lowest BCUT2D eigenvalue weighted by atomic mass is 10.2. The fraction of sp³-hybridized carbons (Fsp3) is 0.154. The molecule has 0 bridgehead atoms. The number of rotatable bonds is 5. The molecule has 0 fully saturated rings. The van der Waals surface area contributed by atoms with E-state index in [0.29, 0.717) is 5.75 Å². The molecular weight excluding hydrogens is 252 g/mol. The molecule has 0 saturated heterocycles. The molecule has 0 aliphatic rings. The Bertz CT molecular complexity index is 475. The summed E-state index contributed by atoms with van der Waals surface area (Å²) < 4.78 is 0. The lowest BCUT2D eigenvalue weighted by Crippen LogP contribution is -1.95. The smallest absolute Gasteiger partial charge is 0.304 e. The fourth-order valence-electron chi connectivity index (χ4n) is 1.41. The minimum absolute atomic E-state index is 0.206. The molecule has 88 valence electrons. The zero-order valence-corrected chi connectivity index (χ0v) is 10.8. The molecule has 4 heteroatoms. The van der Waals surface area contributed by atoms with Crippen LogP contribution in [0, 0.1) is 0 Å². The predicted octanol–water partition coefficient (Wildman–Crippen LogP) is 3.98. The molecule has 1 N–H and O–H groups in total. The van der Waals surface area contributed by atoms with E-state index in [1.165, 1.54) is 10.4 Å². The summed E-state index contributed by atoms with van der Waals surface area (Å²) in [5, 5.41) is 10.6.